The number of nitrogens with one attached hydrogen (secondary N) is 1. The molecule has 1 saturated heterocycles. The summed E-state index contributed by atoms with van der Waals surface area (Å²) < 4.78 is 0. The quantitative estimate of drug-likeness (QED) is 0.546. The van der Waals surface area contributed by atoms with Crippen molar-refractivity contribution in [3.63, 3.8) is 0 Å². The SMILES string of the molecule is CCN1CCN(Cc2ccc(CN=C(N)NCCc3ccccc3)cc2)CC1. The van der Waals surface area contributed by atoms with Crippen molar-refractivity contribution in [2.24, 2.45) is 10.7 Å². The van der Waals surface area contributed by atoms with E-state index in [0.717, 1.165) is 39.1 Å². The first-order valence-electron chi connectivity index (χ1n) is 10.3. The summed E-state index contributed by atoms with van der Waals surface area (Å²) in [6.07, 6.45) is 0.943. The Morgan fingerprint density at radius 1 is 0.893 bits per heavy atom. The first-order valence-corrected chi connectivity index (χ1v) is 10.3. The molecule has 0 unspecified atom stereocenters. The molecule has 0 atom stereocenters. The molecule has 5 nitrogen and oxygen atoms in total. The Labute approximate surface area is 169 Å². The lowest BCUT2D eigenvalue weighted by Crippen LogP contribution is -2.45. The van der Waals surface area contributed by atoms with Crippen molar-refractivity contribution >= 4 is 5.96 Å². The molecule has 0 radical (unpaired) electrons. The number of hydrogen-bond acceptors (Lipinski definition) is 3. The van der Waals surface area contributed by atoms with Crippen LogP contribution in [0.4, 0.5) is 0 Å². The Kier molecular flexibility index (Phi) is 7.88. The molecule has 0 aromatic heterocycles. The van der Waals surface area contributed by atoms with Gasteiger partial charge >= 0.3 is 0 Å². The van der Waals surface area contributed by atoms with Gasteiger partial charge in [0.15, 0.2) is 5.96 Å². The Bertz CT molecular complexity index is 718. The molecule has 28 heavy (non-hydrogen) atoms. The number of rotatable bonds is 8. The Morgan fingerprint density at radius 2 is 1.54 bits per heavy atom. The molecule has 1 heterocycles. The van der Waals surface area contributed by atoms with E-state index >= 15 is 0 Å². The Morgan fingerprint density at radius 3 is 2.21 bits per heavy atom. The van der Waals surface area contributed by atoms with Crippen LogP contribution in [-0.2, 0) is 19.5 Å². The van der Waals surface area contributed by atoms with Gasteiger partial charge in [0.1, 0.15) is 0 Å². The number of piperazine rings is 1. The molecule has 3 rings (SSSR count). The van der Waals surface area contributed by atoms with E-state index in [4.69, 9.17) is 5.73 Å². The second kappa shape index (κ2) is 10.8. The van der Waals surface area contributed by atoms with Gasteiger partial charge in [0.2, 0.25) is 0 Å². The van der Waals surface area contributed by atoms with Gasteiger partial charge in [-0.1, -0.05) is 61.5 Å². The van der Waals surface area contributed by atoms with E-state index in [-0.39, 0.29) is 0 Å². The second-order valence-corrected chi connectivity index (χ2v) is 7.39. The zero-order valence-corrected chi connectivity index (χ0v) is 17.0. The summed E-state index contributed by atoms with van der Waals surface area (Å²) in [5.74, 6) is 0.508. The van der Waals surface area contributed by atoms with Crippen molar-refractivity contribution in [3.05, 3.63) is 71.3 Å². The maximum atomic E-state index is 5.99. The molecule has 3 N–H and O–H groups in total. The number of benzene rings is 2. The topological polar surface area (TPSA) is 56.9 Å². The zero-order valence-electron chi connectivity index (χ0n) is 17.0. The maximum Gasteiger partial charge on any atom is 0.188 e. The van der Waals surface area contributed by atoms with Crippen molar-refractivity contribution in [2.45, 2.75) is 26.4 Å². The number of nitrogens with zero attached hydrogens (tertiary/aromatic N) is 3. The normalized spacial score (nSPS) is 16.2. The van der Waals surface area contributed by atoms with Gasteiger partial charge in [0.05, 0.1) is 6.54 Å². The molecule has 0 aliphatic carbocycles. The molecule has 1 aliphatic rings. The average Bonchev–Trinajstić information content (AvgIpc) is 2.74. The smallest absolute Gasteiger partial charge is 0.188 e. The largest absolute Gasteiger partial charge is 0.370 e. The third-order valence-corrected chi connectivity index (χ3v) is 5.34. The average molecular weight is 380 g/mol. The van der Waals surface area contributed by atoms with Crippen molar-refractivity contribution < 1.29 is 0 Å². The van der Waals surface area contributed by atoms with Crippen molar-refractivity contribution in [1.29, 1.82) is 0 Å². The summed E-state index contributed by atoms with van der Waals surface area (Å²) in [5, 5.41) is 3.19. The monoisotopic (exact) mass is 379 g/mol. The predicted octanol–water partition coefficient (Wildman–Crippen LogP) is 2.47. The third kappa shape index (κ3) is 6.66. The number of likely N-dealkylation sites (N-methyl/N-ethyl adjacent to an activating group) is 1. The standard InChI is InChI=1S/C23H33N5/c1-2-27-14-16-28(17-15-27)19-22-10-8-21(9-11-22)18-26-23(24)25-13-12-20-6-4-3-5-7-20/h3-11H,2,12-19H2,1H3,(H3,24,25,26). The molecule has 150 valence electrons. The summed E-state index contributed by atoms with van der Waals surface area (Å²) in [4.78, 5) is 9.50. The molecule has 1 aliphatic heterocycles. The van der Waals surface area contributed by atoms with Crippen LogP contribution in [0.5, 0.6) is 0 Å². The highest BCUT2D eigenvalue weighted by molar-refractivity contribution is 5.77. The van der Waals surface area contributed by atoms with Gasteiger partial charge in [-0.15, -0.1) is 0 Å². The molecule has 2 aromatic carbocycles. The molecule has 0 amide bonds. The Balaban J connectivity index is 1.39. The van der Waals surface area contributed by atoms with E-state index in [1.165, 1.54) is 29.8 Å². The Hall–Kier alpha value is -2.37. The third-order valence-electron chi connectivity index (χ3n) is 5.34. The van der Waals surface area contributed by atoms with Gasteiger partial charge in [-0.2, -0.15) is 0 Å². The van der Waals surface area contributed by atoms with Gasteiger partial charge in [-0.05, 0) is 29.7 Å². The van der Waals surface area contributed by atoms with Gasteiger partial charge in [0.25, 0.3) is 0 Å². The van der Waals surface area contributed by atoms with Crippen LogP contribution < -0.4 is 11.1 Å². The van der Waals surface area contributed by atoms with E-state index < -0.39 is 0 Å². The molecule has 0 spiro atoms. The molecule has 0 saturated carbocycles. The van der Waals surface area contributed by atoms with Crippen LogP contribution >= 0.6 is 0 Å². The summed E-state index contributed by atoms with van der Waals surface area (Å²) in [5.41, 5.74) is 9.85. The second-order valence-electron chi connectivity index (χ2n) is 7.39. The van der Waals surface area contributed by atoms with Crippen LogP contribution in [0, 0.1) is 0 Å². The highest BCUT2D eigenvalue weighted by atomic mass is 15.3. The van der Waals surface area contributed by atoms with E-state index in [1.807, 2.05) is 6.07 Å². The van der Waals surface area contributed by atoms with Crippen LogP contribution in [0.3, 0.4) is 0 Å². The van der Waals surface area contributed by atoms with Gasteiger partial charge in [0, 0.05) is 39.3 Å². The van der Waals surface area contributed by atoms with Crippen LogP contribution in [-0.4, -0.2) is 55.0 Å². The molecular weight excluding hydrogens is 346 g/mol. The van der Waals surface area contributed by atoms with Crippen LogP contribution in [0.1, 0.15) is 23.6 Å². The highest BCUT2D eigenvalue weighted by Crippen LogP contribution is 2.11. The molecule has 2 aromatic rings. The lowest BCUT2D eigenvalue weighted by molar-refractivity contribution is 0.132. The zero-order chi connectivity index (χ0) is 19.6. The van der Waals surface area contributed by atoms with E-state index in [2.05, 4.69) is 75.6 Å². The van der Waals surface area contributed by atoms with Gasteiger partial charge in [-0.25, -0.2) is 4.99 Å². The minimum atomic E-state index is 0.508. The number of aliphatic imine (C=N–C) groups is 1. The molecule has 1 fully saturated rings. The van der Waals surface area contributed by atoms with Crippen molar-refractivity contribution in [1.82, 2.24) is 15.1 Å². The lowest BCUT2D eigenvalue weighted by atomic mass is 10.1. The fourth-order valence-corrected chi connectivity index (χ4v) is 3.48. The minimum absolute atomic E-state index is 0.508. The highest BCUT2D eigenvalue weighted by Gasteiger charge is 2.15. The molecule has 0 bridgehead atoms. The van der Waals surface area contributed by atoms with E-state index in [0.29, 0.717) is 12.5 Å². The summed E-state index contributed by atoms with van der Waals surface area (Å²) in [7, 11) is 0. The summed E-state index contributed by atoms with van der Waals surface area (Å²) in [6.45, 7) is 10.5. The summed E-state index contributed by atoms with van der Waals surface area (Å²) in [6, 6.07) is 19.2. The van der Waals surface area contributed by atoms with Gasteiger partial charge in [-0.3, -0.25) is 4.90 Å². The molecular formula is C23H33N5. The maximum absolute atomic E-state index is 5.99. The number of guanidine groups is 1. The minimum Gasteiger partial charge on any atom is -0.370 e. The molecule has 5 heteroatoms. The number of nitrogens with two attached hydrogens (primary N) is 1. The first kappa shape index (κ1) is 20.4. The van der Waals surface area contributed by atoms with Crippen molar-refractivity contribution in [2.75, 3.05) is 39.3 Å². The van der Waals surface area contributed by atoms with Crippen molar-refractivity contribution in [3.8, 4) is 0 Å². The van der Waals surface area contributed by atoms with E-state index in [9.17, 15) is 0 Å². The first-order chi connectivity index (χ1) is 13.7. The van der Waals surface area contributed by atoms with Crippen LogP contribution in [0.15, 0.2) is 59.6 Å². The van der Waals surface area contributed by atoms with Gasteiger partial charge < -0.3 is 16.0 Å². The predicted molar refractivity (Wildman–Crippen MR) is 117 cm³/mol. The fraction of sp³-hybridized carbons (Fsp3) is 0.435. The number of hydrogen-bond donors (Lipinski definition) is 2. The van der Waals surface area contributed by atoms with Crippen LogP contribution in [0.25, 0.3) is 0 Å². The fourth-order valence-electron chi connectivity index (χ4n) is 3.48. The van der Waals surface area contributed by atoms with E-state index in [1.54, 1.807) is 0 Å². The van der Waals surface area contributed by atoms with Crippen LogP contribution in [0.2, 0.25) is 0 Å². The lowest BCUT2D eigenvalue weighted by Gasteiger charge is -2.34. The summed E-state index contributed by atoms with van der Waals surface area (Å²) >= 11 is 0.